The standard InChI is InChI=1S/C19H29O2.ClH.Hg/c1-18-9-7-13(20)11-12(18)3-4-14-15-5-6-17(21)19(15,2)10-8-16(14)18;;/h3,12,14-17,21H,4-11H2,1-2H3;1H;/q;;+1/p-1/t12?,14-,15-,16-,17-,18-,19-;;/m0../s1. The van der Waals surface area contributed by atoms with Gasteiger partial charge in [0.2, 0.25) is 0 Å². The van der Waals surface area contributed by atoms with Crippen LogP contribution in [-0.2, 0) is 28.1 Å². The van der Waals surface area contributed by atoms with Crippen LogP contribution in [0.25, 0.3) is 0 Å². The molecule has 4 aliphatic rings. The van der Waals surface area contributed by atoms with Crippen molar-refractivity contribution in [3.63, 3.8) is 0 Å². The van der Waals surface area contributed by atoms with Crippen molar-refractivity contribution in [1.29, 1.82) is 0 Å². The zero-order valence-electron chi connectivity index (χ0n) is 14.6. The number of ketones is 1. The zero-order valence-corrected chi connectivity index (χ0v) is 20.8. The Morgan fingerprint density at radius 2 is 1.83 bits per heavy atom. The number of Topliss-reactive ketones (excluding diaryl/α,β-unsaturated/α-hetero) is 1. The van der Waals surface area contributed by atoms with E-state index in [0.717, 1.165) is 37.5 Å². The second-order valence-corrected chi connectivity index (χ2v) is 17.5. The summed E-state index contributed by atoms with van der Waals surface area (Å²) in [6.45, 7) is 4.85. The number of halogens is 1. The molecule has 4 rings (SSSR count). The summed E-state index contributed by atoms with van der Waals surface area (Å²) in [4.78, 5) is 12.1. The first kappa shape index (κ1) is 17.3. The topological polar surface area (TPSA) is 37.3 Å². The van der Waals surface area contributed by atoms with Gasteiger partial charge >= 0.3 is 157 Å². The van der Waals surface area contributed by atoms with Crippen molar-refractivity contribution < 1.29 is 33.2 Å². The number of aliphatic hydroxyl groups excluding tert-OH is 1. The molecule has 0 aromatic heterocycles. The van der Waals surface area contributed by atoms with Gasteiger partial charge in [0.05, 0.1) is 0 Å². The molecule has 0 amide bonds. The molecule has 4 fully saturated rings. The summed E-state index contributed by atoms with van der Waals surface area (Å²) in [5, 5.41) is 10.6. The van der Waals surface area contributed by atoms with Gasteiger partial charge in [0.15, 0.2) is 0 Å². The molecule has 1 N–H and O–H groups in total. The molecule has 8 atom stereocenters. The molecule has 0 radical (unpaired) electrons. The van der Waals surface area contributed by atoms with Crippen molar-refractivity contribution >= 4 is 14.0 Å². The van der Waals surface area contributed by atoms with E-state index >= 15 is 0 Å². The molecule has 23 heavy (non-hydrogen) atoms. The molecule has 0 aromatic rings. The number of hydrogen-bond donors (Lipinski definition) is 1. The predicted octanol–water partition coefficient (Wildman–Crippen LogP) is 4.59. The van der Waals surface area contributed by atoms with E-state index in [9.17, 15) is 9.90 Å². The van der Waals surface area contributed by atoms with Crippen LogP contribution in [0.4, 0.5) is 0 Å². The van der Waals surface area contributed by atoms with Gasteiger partial charge in [-0.25, -0.2) is 0 Å². The van der Waals surface area contributed by atoms with E-state index in [4.69, 9.17) is 8.25 Å². The quantitative estimate of drug-likeness (QED) is 0.509. The molecule has 0 aliphatic heterocycles. The van der Waals surface area contributed by atoms with Gasteiger partial charge in [-0.3, -0.25) is 0 Å². The monoisotopic (exact) mass is 526 g/mol. The maximum atomic E-state index is 12.1. The number of fused-ring (bicyclic) bond motifs is 5. The second kappa shape index (κ2) is 5.94. The number of rotatable bonds is 1. The van der Waals surface area contributed by atoms with E-state index in [1.165, 1.54) is 25.7 Å². The van der Waals surface area contributed by atoms with Crippen LogP contribution in [0.5, 0.6) is 0 Å². The fourth-order valence-electron chi connectivity index (χ4n) is 7.43. The minimum absolute atomic E-state index is 0.0917. The molecule has 2 nitrogen and oxygen atoms in total. The Kier molecular flexibility index (Phi) is 4.47. The molecule has 0 spiro atoms. The van der Waals surface area contributed by atoms with Crippen molar-refractivity contribution in [3.8, 4) is 0 Å². The van der Waals surface area contributed by atoms with Crippen LogP contribution in [0, 0.1) is 34.5 Å². The maximum absolute atomic E-state index is 12.1. The summed E-state index contributed by atoms with van der Waals surface area (Å²) in [6.07, 6.45) is 8.58. The zero-order chi connectivity index (χ0) is 16.4. The summed E-state index contributed by atoms with van der Waals surface area (Å²) in [6, 6.07) is 0. The van der Waals surface area contributed by atoms with Gasteiger partial charge in [0.25, 0.3) is 0 Å². The van der Waals surface area contributed by atoms with Crippen molar-refractivity contribution in [1.82, 2.24) is 0 Å². The van der Waals surface area contributed by atoms with E-state index in [-0.39, 0.29) is 11.5 Å². The Labute approximate surface area is 156 Å². The van der Waals surface area contributed by atoms with Crippen LogP contribution in [0.1, 0.15) is 65.2 Å². The second-order valence-electron chi connectivity index (χ2n) is 9.52. The van der Waals surface area contributed by atoms with Crippen LogP contribution in [0.15, 0.2) is 0 Å². The average Bonchev–Trinajstić information content (AvgIpc) is 2.83. The Bertz CT molecular complexity index is 512. The molecule has 4 heteroatoms. The molecule has 0 heterocycles. The van der Waals surface area contributed by atoms with Crippen molar-refractivity contribution in [2.24, 2.45) is 34.5 Å². The molecule has 4 aliphatic carbocycles. The van der Waals surface area contributed by atoms with Gasteiger partial charge in [-0.15, -0.1) is 0 Å². The van der Waals surface area contributed by atoms with Gasteiger partial charge in [-0.1, -0.05) is 0 Å². The van der Waals surface area contributed by atoms with Crippen molar-refractivity contribution in [2.75, 3.05) is 0 Å². The van der Waals surface area contributed by atoms with Gasteiger partial charge in [-0.2, -0.15) is 0 Å². The number of carbonyl (C=O) groups is 1. The first-order valence-electron chi connectivity index (χ1n) is 9.66. The van der Waals surface area contributed by atoms with E-state index in [0.29, 0.717) is 26.5 Å². The summed E-state index contributed by atoms with van der Waals surface area (Å²) in [5.41, 5.74) is 0.508. The van der Waals surface area contributed by atoms with Crippen LogP contribution in [0.2, 0.25) is 3.43 Å². The molecule has 4 saturated carbocycles. The Morgan fingerprint density at radius 1 is 1.09 bits per heavy atom. The number of aliphatic hydroxyl groups is 1. The molecular formula is C19H29ClHgO2. The van der Waals surface area contributed by atoms with Crippen LogP contribution < -0.4 is 0 Å². The van der Waals surface area contributed by atoms with E-state index in [1.807, 2.05) is 0 Å². The molecule has 126 valence electrons. The van der Waals surface area contributed by atoms with Crippen molar-refractivity contribution in [3.05, 3.63) is 0 Å². The van der Waals surface area contributed by atoms with Crippen LogP contribution in [0.3, 0.4) is 0 Å². The summed E-state index contributed by atoms with van der Waals surface area (Å²) in [7, 11) is 6.61. The minimum atomic E-state index is -1.39. The van der Waals surface area contributed by atoms with Crippen LogP contribution >= 0.6 is 8.25 Å². The summed E-state index contributed by atoms with van der Waals surface area (Å²) < 4.78 is 0.715. The van der Waals surface area contributed by atoms with Gasteiger partial charge in [-0.05, 0) is 0 Å². The van der Waals surface area contributed by atoms with Crippen LogP contribution in [-0.4, -0.2) is 17.0 Å². The van der Waals surface area contributed by atoms with Gasteiger partial charge in [0.1, 0.15) is 0 Å². The number of hydrogen-bond acceptors (Lipinski definition) is 2. The first-order chi connectivity index (χ1) is 10.9. The summed E-state index contributed by atoms with van der Waals surface area (Å²) in [5.74, 6) is 3.33. The average molecular weight is 525 g/mol. The third-order valence-electron chi connectivity index (χ3n) is 8.81. The Balaban J connectivity index is 1.69. The fraction of sp³-hybridized carbons (Fsp3) is 0.947. The van der Waals surface area contributed by atoms with Gasteiger partial charge in [0, 0.05) is 0 Å². The predicted molar refractivity (Wildman–Crippen MR) is 87.7 cm³/mol. The van der Waals surface area contributed by atoms with Gasteiger partial charge < -0.3 is 0 Å². The summed E-state index contributed by atoms with van der Waals surface area (Å²) >= 11 is -1.39. The third kappa shape index (κ3) is 2.44. The molecule has 0 saturated heterocycles. The normalized spacial score (nSPS) is 55.6. The molecule has 0 bridgehead atoms. The number of carbonyl (C=O) groups excluding carboxylic acids is 1. The first-order valence-corrected chi connectivity index (χ1v) is 19.6. The third-order valence-corrected chi connectivity index (χ3v) is 17.3. The molecule has 0 aromatic carbocycles. The molecule has 2 unspecified atom stereocenters. The molecular weight excluding hydrogens is 496 g/mol. The van der Waals surface area contributed by atoms with E-state index in [2.05, 4.69) is 13.8 Å². The Morgan fingerprint density at radius 3 is 2.57 bits per heavy atom. The van der Waals surface area contributed by atoms with E-state index in [1.54, 1.807) is 0 Å². The van der Waals surface area contributed by atoms with Crippen molar-refractivity contribution in [2.45, 2.75) is 74.7 Å². The Hall–Kier alpha value is 0.855. The SMILES string of the molecule is C[C@]12CC[C@H]3[C@@H](C[CH]([Hg][Cl])C4CC(=O)CC[C@@]43C)[C@@H]1CC[C@@H]2O. The van der Waals surface area contributed by atoms with E-state index < -0.39 is 23.3 Å². The fourth-order valence-corrected chi connectivity index (χ4v) is 16.0.